The van der Waals surface area contributed by atoms with E-state index in [-0.39, 0.29) is 0 Å². The first kappa shape index (κ1) is 5.69. The number of rotatable bonds is 0. The molecule has 0 amide bonds. The van der Waals surface area contributed by atoms with Crippen molar-refractivity contribution in [2.24, 2.45) is 0 Å². The first-order valence-corrected chi connectivity index (χ1v) is 3.87. The lowest BCUT2D eigenvalue weighted by molar-refractivity contribution is 0.371. The molecule has 0 aromatic carbocycles. The fraction of sp³-hybridized carbons (Fsp3) is 1.00. The van der Waals surface area contributed by atoms with E-state index >= 15 is 0 Å². The predicted molar refractivity (Wildman–Crippen MR) is 36.2 cm³/mol. The molecule has 0 spiro atoms. The molecule has 1 saturated carbocycles. The van der Waals surface area contributed by atoms with Gasteiger partial charge in [-0.1, -0.05) is 12.8 Å². The van der Waals surface area contributed by atoms with Crippen LogP contribution in [0.3, 0.4) is 0 Å². The van der Waals surface area contributed by atoms with Crippen LogP contribution >= 0.6 is 0 Å². The second-order valence-corrected chi connectivity index (χ2v) is 3.00. The van der Waals surface area contributed by atoms with Gasteiger partial charge < -0.3 is 0 Å². The van der Waals surface area contributed by atoms with Crippen molar-refractivity contribution >= 4 is 0 Å². The highest BCUT2D eigenvalue weighted by molar-refractivity contribution is 4.89. The second kappa shape index (κ2) is 2.27. The van der Waals surface area contributed by atoms with Crippen LogP contribution < -0.4 is 10.6 Å². The van der Waals surface area contributed by atoms with Crippen LogP contribution in [-0.4, -0.2) is 18.8 Å². The maximum Gasteiger partial charge on any atom is 0.0630 e. The van der Waals surface area contributed by atoms with Crippen LogP contribution in [0.15, 0.2) is 0 Å². The van der Waals surface area contributed by atoms with E-state index in [1.807, 2.05) is 0 Å². The molecule has 2 heteroatoms. The van der Waals surface area contributed by atoms with Crippen LogP contribution in [0.1, 0.15) is 25.7 Å². The molecule has 2 rings (SSSR count). The summed E-state index contributed by atoms with van der Waals surface area (Å²) in [6.45, 7) is 0.912. The zero-order valence-corrected chi connectivity index (χ0v) is 5.64. The van der Waals surface area contributed by atoms with Crippen molar-refractivity contribution in [1.82, 2.24) is 10.6 Å². The number of nitrogens with one attached hydrogen (secondary N) is 1. The van der Waals surface area contributed by atoms with Crippen molar-refractivity contribution in [1.29, 1.82) is 0 Å². The molecule has 2 unspecified atom stereocenters. The lowest BCUT2D eigenvalue weighted by Gasteiger charge is -2.22. The van der Waals surface area contributed by atoms with E-state index in [2.05, 4.69) is 10.6 Å². The van der Waals surface area contributed by atoms with Gasteiger partial charge in [-0.3, -0.25) is 5.32 Å². The molecular formula is C7H13N2. The molecule has 2 aliphatic rings. The van der Waals surface area contributed by atoms with Gasteiger partial charge in [-0.05, 0) is 12.8 Å². The van der Waals surface area contributed by atoms with Gasteiger partial charge in [-0.25, -0.2) is 5.32 Å². The Bertz CT molecular complexity index is 91.1. The molecule has 51 valence electrons. The summed E-state index contributed by atoms with van der Waals surface area (Å²) in [6, 6.07) is 1.43. The minimum Gasteiger partial charge on any atom is -0.299 e. The lowest BCUT2D eigenvalue weighted by atomic mass is 9.92. The highest BCUT2D eigenvalue weighted by Crippen LogP contribution is 2.21. The first-order valence-electron chi connectivity index (χ1n) is 3.87. The largest absolute Gasteiger partial charge is 0.299 e. The Morgan fingerprint density at radius 1 is 1.22 bits per heavy atom. The average Bonchev–Trinajstić information content (AvgIpc) is 2.33. The summed E-state index contributed by atoms with van der Waals surface area (Å²) >= 11 is 0. The average molecular weight is 125 g/mol. The van der Waals surface area contributed by atoms with Crippen molar-refractivity contribution in [2.75, 3.05) is 6.67 Å². The molecule has 9 heavy (non-hydrogen) atoms. The van der Waals surface area contributed by atoms with Crippen LogP contribution in [0.2, 0.25) is 0 Å². The van der Waals surface area contributed by atoms with E-state index in [0.29, 0.717) is 6.04 Å². The van der Waals surface area contributed by atoms with E-state index in [1.165, 1.54) is 25.7 Å². The van der Waals surface area contributed by atoms with Crippen molar-refractivity contribution < 1.29 is 0 Å². The molecular weight excluding hydrogens is 112 g/mol. The normalized spacial score (nSPS) is 42.7. The summed E-state index contributed by atoms with van der Waals surface area (Å²) < 4.78 is 0. The fourth-order valence-corrected chi connectivity index (χ4v) is 1.86. The molecule has 2 nitrogen and oxygen atoms in total. The third-order valence-corrected chi connectivity index (χ3v) is 2.41. The van der Waals surface area contributed by atoms with E-state index in [9.17, 15) is 0 Å². The Balaban J connectivity index is 1.97. The van der Waals surface area contributed by atoms with Gasteiger partial charge in [-0.2, -0.15) is 0 Å². The summed E-state index contributed by atoms with van der Waals surface area (Å²) in [6.07, 6.45) is 5.49. The van der Waals surface area contributed by atoms with Gasteiger partial charge in [0.15, 0.2) is 0 Å². The van der Waals surface area contributed by atoms with Crippen molar-refractivity contribution in [3.05, 3.63) is 0 Å². The molecule has 1 saturated heterocycles. The topological polar surface area (TPSA) is 26.1 Å². The monoisotopic (exact) mass is 125 g/mol. The molecule has 0 bridgehead atoms. The number of hydrogen-bond acceptors (Lipinski definition) is 1. The summed E-state index contributed by atoms with van der Waals surface area (Å²) in [7, 11) is 0. The minimum atomic E-state index is 0.679. The van der Waals surface area contributed by atoms with Gasteiger partial charge in [-0.15, -0.1) is 0 Å². The minimum absolute atomic E-state index is 0.679. The predicted octanol–water partition coefficient (Wildman–Crippen LogP) is 0.463. The molecule has 1 N–H and O–H groups in total. The zero-order valence-electron chi connectivity index (χ0n) is 5.64. The smallest absolute Gasteiger partial charge is 0.0630 e. The van der Waals surface area contributed by atoms with Gasteiger partial charge in [0.2, 0.25) is 0 Å². The molecule has 1 aliphatic heterocycles. The molecule has 0 aromatic rings. The lowest BCUT2D eigenvalue weighted by Crippen LogP contribution is -2.34. The van der Waals surface area contributed by atoms with Gasteiger partial charge in [0.25, 0.3) is 0 Å². The summed E-state index contributed by atoms with van der Waals surface area (Å²) in [5.41, 5.74) is 0. The maximum atomic E-state index is 4.45. The van der Waals surface area contributed by atoms with E-state index < -0.39 is 0 Å². The van der Waals surface area contributed by atoms with E-state index in [1.54, 1.807) is 0 Å². The summed E-state index contributed by atoms with van der Waals surface area (Å²) in [5, 5.41) is 7.84. The third-order valence-electron chi connectivity index (χ3n) is 2.41. The Morgan fingerprint density at radius 2 is 2.11 bits per heavy atom. The van der Waals surface area contributed by atoms with E-state index in [4.69, 9.17) is 0 Å². The number of fused-ring (bicyclic) bond motifs is 1. The molecule has 0 aromatic heterocycles. The summed E-state index contributed by atoms with van der Waals surface area (Å²) in [4.78, 5) is 0. The van der Waals surface area contributed by atoms with Crippen LogP contribution in [0.25, 0.3) is 0 Å². The molecule has 1 aliphatic carbocycles. The Morgan fingerprint density at radius 3 is 3.00 bits per heavy atom. The second-order valence-electron chi connectivity index (χ2n) is 3.00. The number of hydrogen-bond donors (Lipinski definition) is 1. The Hall–Kier alpha value is -0.0800. The quantitative estimate of drug-likeness (QED) is 0.500. The summed E-state index contributed by atoms with van der Waals surface area (Å²) in [5.74, 6) is 0. The Labute approximate surface area is 56.0 Å². The van der Waals surface area contributed by atoms with Gasteiger partial charge >= 0.3 is 0 Å². The van der Waals surface area contributed by atoms with Crippen molar-refractivity contribution in [2.45, 2.75) is 37.8 Å². The highest BCUT2D eigenvalue weighted by Gasteiger charge is 2.29. The maximum absolute atomic E-state index is 4.45. The van der Waals surface area contributed by atoms with Crippen molar-refractivity contribution in [3.63, 3.8) is 0 Å². The molecule has 1 radical (unpaired) electrons. The third kappa shape index (κ3) is 0.970. The van der Waals surface area contributed by atoms with Crippen LogP contribution in [0.4, 0.5) is 0 Å². The van der Waals surface area contributed by atoms with Crippen LogP contribution in [0, 0.1) is 0 Å². The van der Waals surface area contributed by atoms with Crippen LogP contribution in [0.5, 0.6) is 0 Å². The van der Waals surface area contributed by atoms with E-state index in [0.717, 1.165) is 12.7 Å². The molecule has 1 heterocycles. The zero-order chi connectivity index (χ0) is 6.10. The highest BCUT2D eigenvalue weighted by atomic mass is 15.2. The SMILES string of the molecule is C1CCC2NC[N]C2C1. The fourth-order valence-electron chi connectivity index (χ4n) is 1.86. The van der Waals surface area contributed by atoms with Crippen molar-refractivity contribution in [3.8, 4) is 0 Å². The van der Waals surface area contributed by atoms with Gasteiger partial charge in [0, 0.05) is 12.1 Å². The first-order chi connectivity index (χ1) is 4.47. The van der Waals surface area contributed by atoms with Gasteiger partial charge in [0.05, 0.1) is 6.67 Å². The molecule has 2 fully saturated rings. The van der Waals surface area contributed by atoms with Gasteiger partial charge in [0.1, 0.15) is 0 Å². The van der Waals surface area contributed by atoms with Crippen LogP contribution in [-0.2, 0) is 0 Å². The standard InChI is InChI=1S/C7H13N2/c1-2-4-7-6(3-1)8-5-9-7/h6-8H,1-5H2. The Kier molecular flexibility index (Phi) is 1.44. The molecule has 2 atom stereocenters. The number of nitrogens with zero attached hydrogens (tertiary/aromatic N) is 1.